The van der Waals surface area contributed by atoms with Gasteiger partial charge in [0.1, 0.15) is 0 Å². The van der Waals surface area contributed by atoms with E-state index in [1.165, 1.54) is 17.4 Å². The number of thioether (sulfide) groups is 1. The molecule has 3 aromatic rings. The van der Waals surface area contributed by atoms with Gasteiger partial charge < -0.3 is 8.98 Å². The summed E-state index contributed by atoms with van der Waals surface area (Å²) in [6.07, 6.45) is 5.04. The first-order valence-corrected chi connectivity index (χ1v) is 7.59. The maximum atomic E-state index is 12.0. The van der Waals surface area contributed by atoms with E-state index >= 15 is 0 Å². The van der Waals surface area contributed by atoms with Crippen LogP contribution in [-0.2, 0) is 6.54 Å². The third-order valence-electron chi connectivity index (χ3n) is 3.10. The van der Waals surface area contributed by atoms with E-state index in [2.05, 4.69) is 10.2 Å². The van der Waals surface area contributed by atoms with Crippen molar-refractivity contribution in [2.75, 3.05) is 6.26 Å². The van der Waals surface area contributed by atoms with E-state index in [1.54, 1.807) is 28.6 Å². The van der Waals surface area contributed by atoms with E-state index in [0.717, 1.165) is 11.1 Å². The minimum Gasteiger partial charge on any atom is -0.423 e. The van der Waals surface area contributed by atoms with Crippen LogP contribution in [0.5, 0.6) is 0 Å². The molecule has 0 bridgehead atoms. The number of hydrogen-bond donors (Lipinski definition) is 0. The fraction of sp³-hybridized carbons (Fsp3) is 0.133. The van der Waals surface area contributed by atoms with Crippen molar-refractivity contribution in [3.05, 3.63) is 64.9 Å². The van der Waals surface area contributed by atoms with Crippen LogP contribution in [0.15, 0.2) is 63.1 Å². The van der Waals surface area contributed by atoms with Crippen molar-refractivity contribution < 1.29 is 4.42 Å². The number of aromatic nitrogens is 3. The molecule has 1 aromatic carbocycles. The molecule has 0 aliphatic rings. The van der Waals surface area contributed by atoms with Crippen LogP contribution in [0.4, 0.5) is 0 Å². The Morgan fingerprint density at radius 1 is 1.19 bits per heavy atom. The molecule has 0 aliphatic heterocycles. The largest absolute Gasteiger partial charge is 0.423 e. The van der Waals surface area contributed by atoms with Crippen LogP contribution in [0, 0.1) is 0 Å². The lowest BCUT2D eigenvalue weighted by atomic mass is 10.2. The lowest BCUT2D eigenvalue weighted by Gasteiger charge is -2.07. The second-order valence-electron chi connectivity index (χ2n) is 4.48. The van der Waals surface area contributed by atoms with Crippen LogP contribution in [0.3, 0.4) is 0 Å². The molecule has 21 heavy (non-hydrogen) atoms. The van der Waals surface area contributed by atoms with Gasteiger partial charge in [-0.05, 0) is 30.0 Å². The van der Waals surface area contributed by atoms with Crippen molar-refractivity contribution in [2.45, 2.75) is 11.4 Å². The first-order valence-electron chi connectivity index (χ1n) is 6.36. The molecule has 0 aliphatic carbocycles. The van der Waals surface area contributed by atoms with E-state index in [9.17, 15) is 4.79 Å². The molecule has 0 spiro atoms. The Morgan fingerprint density at radius 3 is 2.67 bits per heavy atom. The van der Waals surface area contributed by atoms with Gasteiger partial charge >= 0.3 is 0 Å². The van der Waals surface area contributed by atoms with Gasteiger partial charge in [0, 0.05) is 17.2 Å². The van der Waals surface area contributed by atoms with Crippen molar-refractivity contribution in [3.8, 4) is 11.5 Å². The SMILES string of the molecule is CSc1ccc(Cn2cc(-c3nnco3)ccc2=O)cc1. The zero-order chi connectivity index (χ0) is 14.7. The molecule has 0 fully saturated rings. The first-order chi connectivity index (χ1) is 10.3. The van der Waals surface area contributed by atoms with Crippen molar-refractivity contribution in [3.63, 3.8) is 0 Å². The average molecular weight is 299 g/mol. The van der Waals surface area contributed by atoms with Crippen LogP contribution in [0.2, 0.25) is 0 Å². The average Bonchev–Trinajstić information content (AvgIpc) is 3.04. The van der Waals surface area contributed by atoms with Crippen LogP contribution >= 0.6 is 11.8 Å². The van der Waals surface area contributed by atoms with E-state index in [-0.39, 0.29) is 5.56 Å². The van der Waals surface area contributed by atoms with Gasteiger partial charge in [0.2, 0.25) is 12.3 Å². The van der Waals surface area contributed by atoms with Gasteiger partial charge in [-0.3, -0.25) is 4.79 Å². The number of hydrogen-bond acceptors (Lipinski definition) is 5. The Labute approximate surface area is 125 Å². The molecule has 0 saturated carbocycles. The molecule has 0 atom stereocenters. The minimum absolute atomic E-state index is 0.0628. The first kappa shape index (κ1) is 13.6. The fourth-order valence-electron chi connectivity index (χ4n) is 2.01. The van der Waals surface area contributed by atoms with Crippen molar-refractivity contribution in [2.24, 2.45) is 0 Å². The van der Waals surface area contributed by atoms with E-state index in [0.29, 0.717) is 12.4 Å². The Hall–Kier alpha value is -2.34. The molecular weight excluding hydrogens is 286 g/mol. The summed E-state index contributed by atoms with van der Waals surface area (Å²) < 4.78 is 6.79. The van der Waals surface area contributed by atoms with Crippen molar-refractivity contribution in [1.29, 1.82) is 0 Å². The van der Waals surface area contributed by atoms with E-state index in [4.69, 9.17) is 4.42 Å². The van der Waals surface area contributed by atoms with Crippen LogP contribution in [-0.4, -0.2) is 21.0 Å². The van der Waals surface area contributed by atoms with E-state index in [1.807, 2.05) is 30.5 Å². The molecule has 0 N–H and O–H groups in total. The molecule has 3 rings (SSSR count). The van der Waals surface area contributed by atoms with Crippen LogP contribution in [0.1, 0.15) is 5.56 Å². The number of pyridine rings is 1. The predicted octanol–water partition coefficient (Wildman–Crippen LogP) is 2.67. The highest BCUT2D eigenvalue weighted by Crippen LogP contribution is 2.17. The van der Waals surface area contributed by atoms with Gasteiger partial charge in [0.25, 0.3) is 5.56 Å². The van der Waals surface area contributed by atoms with Gasteiger partial charge in [0.05, 0.1) is 12.1 Å². The van der Waals surface area contributed by atoms with Gasteiger partial charge in [-0.15, -0.1) is 22.0 Å². The highest BCUT2D eigenvalue weighted by atomic mass is 32.2. The summed E-state index contributed by atoms with van der Waals surface area (Å²) in [6.45, 7) is 0.509. The molecule has 0 radical (unpaired) electrons. The van der Waals surface area contributed by atoms with E-state index < -0.39 is 0 Å². The second kappa shape index (κ2) is 5.97. The van der Waals surface area contributed by atoms with Gasteiger partial charge in [-0.1, -0.05) is 12.1 Å². The molecule has 0 unspecified atom stereocenters. The highest BCUT2D eigenvalue weighted by Gasteiger charge is 2.06. The monoisotopic (exact) mass is 299 g/mol. The summed E-state index contributed by atoms with van der Waals surface area (Å²) >= 11 is 1.69. The Kier molecular flexibility index (Phi) is 3.87. The fourth-order valence-corrected chi connectivity index (χ4v) is 2.42. The number of benzene rings is 1. The lowest BCUT2D eigenvalue weighted by molar-refractivity contribution is 0.567. The smallest absolute Gasteiger partial charge is 0.250 e. The van der Waals surface area contributed by atoms with Crippen molar-refractivity contribution in [1.82, 2.24) is 14.8 Å². The molecule has 6 heteroatoms. The molecule has 2 heterocycles. The van der Waals surface area contributed by atoms with Crippen LogP contribution < -0.4 is 5.56 Å². The molecule has 106 valence electrons. The second-order valence-corrected chi connectivity index (χ2v) is 5.36. The Balaban J connectivity index is 1.90. The molecular formula is C15H13N3O2S. The zero-order valence-electron chi connectivity index (χ0n) is 11.4. The molecule has 2 aromatic heterocycles. The maximum Gasteiger partial charge on any atom is 0.250 e. The van der Waals surface area contributed by atoms with Crippen molar-refractivity contribution >= 4 is 11.8 Å². The number of rotatable bonds is 4. The lowest BCUT2D eigenvalue weighted by Crippen LogP contribution is -2.19. The minimum atomic E-state index is -0.0628. The van der Waals surface area contributed by atoms with Gasteiger partial charge in [-0.2, -0.15) is 0 Å². The maximum absolute atomic E-state index is 12.0. The predicted molar refractivity (Wildman–Crippen MR) is 81.3 cm³/mol. The third-order valence-corrected chi connectivity index (χ3v) is 3.85. The summed E-state index contributed by atoms with van der Waals surface area (Å²) in [6, 6.07) is 11.3. The number of nitrogens with zero attached hydrogens (tertiary/aromatic N) is 3. The van der Waals surface area contributed by atoms with Crippen LogP contribution in [0.25, 0.3) is 11.5 Å². The highest BCUT2D eigenvalue weighted by molar-refractivity contribution is 7.98. The summed E-state index contributed by atoms with van der Waals surface area (Å²) in [4.78, 5) is 13.2. The quantitative estimate of drug-likeness (QED) is 0.693. The van der Waals surface area contributed by atoms with Gasteiger partial charge in [-0.25, -0.2) is 0 Å². The third kappa shape index (κ3) is 3.05. The summed E-state index contributed by atoms with van der Waals surface area (Å²) in [5.74, 6) is 0.404. The molecule has 5 nitrogen and oxygen atoms in total. The topological polar surface area (TPSA) is 60.9 Å². The normalized spacial score (nSPS) is 10.7. The standard InChI is InChI=1S/C15H13N3O2S/c1-21-13-5-2-11(3-6-13)8-18-9-12(4-7-14(18)19)15-17-16-10-20-15/h2-7,9-10H,8H2,1H3. The molecule has 0 amide bonds. The van der Waals surface area contributed by atoms with Gasteiger partial charge in [0.15, 0.2) is 0 Å². The Bertz CT molecular complexity index is 779. The summed E-state index contributed by atoms with van der Waals surface area (Å²) in [5.41, 5.74) is 1.73. The molecule has 0 saturated heterocycles. The zero-order valence-corrected chi connectivity index (χ0v) is 12.2. The summed E-state index contributed by atoms with van der Waals surface area (Å²) in [7, 11) is 0. The Morgan fingerprint density at radius 2 is 2.00 bits per heavy atom. The summed E-state index contributed by atoms with van der Waals surface area (Å²) in [5, 5.41) is 7.50.